The van der Waals surface area contributed by atoms with Gasteiger partial charge >= 0.3 is 0 Å². The zero-order valence-electron chi connectivity index (χ0n) is 14.8. The summed E-state index contributed by atoms with van der Waals surface area (Å²) >= 11 is 0. The van der Waals surface area contributed by atoms with Crippen LogP contribution in [0.3, 0.4) is 0 Å². The smallest absolute Gasteiger partial charge is 0.252 e. The van der Waals surface area contributed by atoms with E-state index < -0.39 is 0 Å². The van der Waals surface area contributed by atoms with Gasteiger partial charge in [-0.3, -0.25) is 4.90 Å². The Morgan fingerprint density at radius 2 is 1.89 bits per heavy atom. The quantitative estimate of drug-likeness (QED) is 0.539. The second-order valence-electron chi connectivity index (χ2n) is 6.76. The zero-order chi connectivity index (χ0) is 18.1. The predicted octanol–water partition coefficient (Wildman–Crippen LogP) is 2.36. The number of hydrogen-bond acceptors (Lipinski definition) is 7. The van der Waals surface area contributed by atoms with Gasteiger partial charge in [-0.05, 0) is 37.6 Å². The molecule has 0 bridgehead atoms. The molecule has 8 heteroatoms. The first-order valence-corrected chi connectivity index (χ1v) is 9.14. The number of hydrogen-bond donors (Lipinski definition) is 0. The van der Waals surface area contributed by atoms with Gasteiger partial charge in [0.05, 0.1) is 6.42 Å². The fourth-order valence-corrected chi connectivity index (χ4v) is 3.39. The molecule has 0 N–H and O–H groups in total. The highest BCUT2D eigenvalue weighted by molar-refractivity contribution is 5.54. The van der Waals surface area contributed by atoms with Crippen LogP contribution in [-0.4, -0.2) is 47.7 Å². The lowest BCUT2D eigenvalue weighted by molar-refractivity contribution is 0.331. The predicted molar refractivity (Wildman–Crippen MR) is 97.8 cm³/mol. The Morgan fingerprint density at radius 1 is 1.04 bits per heavy atom. The van der Waals surface area contributed by atoms with Crippen molar-refractivity contribution >= 4 is 5.78 Å². The summed E-state index contributed by atoms with van der Waals surface area (Å²) in [5.41, 5.74) is 2.26. The van der Waals surface area contributed by atoms with Gasteiger partial charge in [-0.1, -0.05) is 29.4 Å². The summed E-state index contributed by atoms with van der Waals surface area (Å²) in [5.74, 6) is 2.23. The Hall–Kier alpha value is -3.13. The molecule has 1 aliphatic heterocycles. The fraction of sp³-hybridized carbons (Fsp3) is 0.316. The summed E-state index contributed by atoms with van der Waals surface area (Å²) < 4.78 is 7.01. The number of likely N-dealkylation sites (tertiary alicyclic amines) is 1. The molecular weight excluding hydrogens is 342 g/mol. The third-order valence-corrected chi connectivity index (χ3v) is 4.75. The summed E-state index contributed by atoms with van der Waals surface area (Å²) in [6, 6.07) is 10.2. The van der Waals surface area contributed by atoms with Crippen LogP contribution in [0, 0.1) is 0 Å². The van der Waals surface area contributed by atoms with E-state index in [2.05, 4.69) is 42.2 Å². The first-order chi connectivity index (χ1) is 13.3. The molecule has 5 rings (SSSR count). The molecule has 1 aromatic carbocycles. The van der Waals surface area contributed by atoms with Crippen molar-refractivity contribution in [2.45, 2.75) is 25.8 Å². The Balaban J connectivity index is 1.29. The third kappa shape index (κ3) is 3.43. The molecule has 0 aliphatic carbocycles. The first-order valence-electron chi connectivity index (χ1n) is 9.14. The van der Waals surface area contributed by atoms with Gasteiger partial charge in [0.2, 0.25) is 11.7 Å². The molecule has 4 heterocycles. The van der Waals surface area contributed by atoms with Crippen LogP contribution in [0.4, 0.5) is 0 Å². The Morgan fingerprint density at radius 3 is 2.70 bits per heavy atom. The molecule has 136 valence electrons. The van der Waals surface area contributed by atoms with Crippen LogP contribution in [0.25, 0.3) is 17.2 Å². The molecule has 3 aromatic heterocycles. The van der Waals surface area contributed by atoms with Crippen molar-refractivity contribution in [3.63, 3.8) is 0 Å². The number of aromatic nitrogens is 6. The van der Waals surface area contributed by atoms with Crippen molar-refractivity contribution < 1.29 is 4.52 Å². The van der Waals surface area contributed by atoms with Gasteiger partial charge in [0.1, 0.15) is 0 Å². The van der Waals surface area contributed by atoms with Crippen LogP contribution in [0.2, 0.25) is 0 Å². The molecule has 1 fully saturated rings. The maximum absolute atomic E-state index is 5.38. The molecule has 0 amide bonds. The second-order valence-corrected chi connectivity index (χ2v) is 6.76. The van der Waals surface area contributed by atoms with Crippen LogP contribution in [0.5, 0.6) is 0 Å². The van der Waals surface area contributed by atoms with Crippen molar-refractivity contribution in [1.29, 1.82) is 0 Å². The lowest BCUT2D eigenvalue weighted by Crippen LogP contribution is -2.18. The van der Waals surface area contributed by atoms with Crippen molar-refractivity contribution in [1.82, 2.24) is 34.6 Å². The SMILES string of the molecule is c1cnc2nc(Cc3nc(-c4ccc(CN5CCCC5)cc4)no3)nn2c1. The number of benzene rings is 1. The van der Waals surface area contributed by atoms with Crippen molar-refractivity contribution in [2.24, 2.45) is 0 Å². The van der Waals surface area contributed by atoms with E-state index in [-0.39, 0.29) is 0 Å². The normalized spacial score (nSPS) is 15.0. The third-order valence-electron chi connectivity index (χ3n) is 4.75. The fourth-order valence-electron chi connectivity index (χ4n) is 3.39. The minimum atomic E-state index is 0.378. The van der Waals surface area contributed by atoms with Gasteiger partial charge < -0.3 is 4.52 Å². The Labute approximate surface area is 155 Å². The average molecular weight is 361 g/mol. The number of rotatable bonds is 5. The maximum Gasteiger partial charge on any atom is 0.252 e. The van der Waals surface area contributed by atoms with Gasteiger partial charge in [0.25, 0.3) is 5.78 Å². The maximum atomic E-state index is 5.38. The van der Waals surface area contributed by atoms with Crippen molar-refractivity contribution in [3.05, 3.63) is 60.0 Å². The second kappa shape index (κ2) is 6.88. The van der Waals surface area contributed by atoms with Crippen LogP contribution in [0.1, 0.15) is 30.1 Å². The van der Waals surface area contributed by atoms with E-state index in [1.165, 1.54) is 31.5 Å². The summed E-state index contributed by atoms with van der Waals surface area (Å²) in [6.07, 6.45) is 6.49. The van der Waals surface area contributed by atoms with E-state index in [1.807, 2.05) is 24.4 Å². The molecule has 27 heavy (non-hydrogen) atoms. The van der Waals surface area contributed by atoms with E-state index in [9.17, 15) is 0 Å². The monoisotopic (exact) mass is 361 g/mol. The number of fused-ring (bicyclic) bond motifs is 1. The molecular formula is C19H19N7O. The van der Waals surface area contributed by atoms with Gasteiger partial charge in [-0.15, -0.1) is 5.10 Å². The van der Waals surface area contributed by atoms with Crippen LogP contribution >= 0.6 is 0 Å². The van der Waals surface area contributed by atoms with Crippen LogP contribution < -0.4 is 0 Å². The highest BCUT2D eigenvalue weighted by Gasteiger charge is 2.14. The van der Waals surface area contributed by atoms with Gasteiger partial charge in [-0.2, -0.15) is 9.97 Å². The van der Waals surface area contributed by atoms with Crippen molar-refractivity contribution in [3.8, 4) is 11.4 Å². The van der Waals surface area contributed by atoms with Gasteiger partial charge in [0, 0.05) is 24.5 Å². The molecule has 0 spiro atoms. The first kappa shape index (κ1) is 16.1. The zero-order valence-corrected chi connectivity index (χ0v) is 14.8. The van der Waals surface area contributed by atoms with E-state index in [0.717, 1.165) is 12.1 Å². The van der Waals surface area contributed by atoms with E-state index in [1.54, 1.807) is 10.7 Å². The molecule has 1 saturated heterocycles. The number of nitrogens with zero attached hydrogens (tertiary/aromatic N) is 7. The minimum absolute atomic E-state index is 0.378. The molecule has 0 radical (unpaired) electrons. The van der Waals surface area contributed by atoms with E-state index in [0.29, 0.717) is 29.7 Å². The molecule has 4 aromatic rings. The largest absolute Gasteiger partial charge is 0.338 e. The summed E-state index contributed by atoms with van der Waals surface area (Å²) in [4.78, 5) is 15.5. The van der Waals surface area contributed by atoms with Gasteiger partial charge in [0.15, 0.2) is 5.82 Å². The standard InChI is InChI=1S/C19H19N7O/c1-2-10-25(9-1)13-14-4-6-15(7-5-14)18-22-17(27-24-18)12-16-21-19-20-8-3-11-26(19)23-16/h3-8,11H,1-2,9-10,12-13H2. The van der Waals surface area contributed by atoms with Gasteiger partial charge in [-0.25, -0.2) is 9.50 Å². The molecule has 0 atom stereocenters. The van der Waals surface area contributed by atoms with Crippen molar-refractivity contribution in [2.75, 3.05) is 13.1 Å². The Kier molecular flexibility index (Phi) is 4.10. The Bertz CT molecular complexity index is 1010. The molecule has 0 saturated carbocycles. The topological polar surface area (TPSA) is 85.2 Å². The summed E-state index contributed by atoms with van der Waals surface area (Å²) in [5, 5.41) is 8.46. The lowest BCUT2D eigenvalue weighted by Gasteiger charge is -2.14. The molecule has 0 unspecified atom stereocenters. The minimum Gasteiger partial charge on any atom is -0.338 e. The summed E-state index contributed by atoms with van der Waals surface area (Å²) in [6.45, 7) is 3.40. The highest BCUT2D eigenvalue weighted by atomic mass is 16.5. The summed E-state index contributed by atoms with van der Waals surface area (Å²) in [7, 11) is 0. The van der Waals surface area contributed by atoms with E-state index >= 15 is 0 Å². The molecule has 1 aliphatic rings. The average Bonchev–Trinajstić information content (AvgIpc) is 3.43. The van der Waals surface area contributed by atoms with Crippen LogP contribution in [0.15, 0.2) is 47.2 Å². The van der Waals surface area contributed by atoms with Crippen LogP contribution in [-0.2, 0) is 13.0 Å². The molecule has 8 nitrogen and oxygen atoms in total. The lowest BCUT2D eigenvalue weighted by atomic mass is 10.1. The van der Waals surface area contributed by atoms with E-state index in [4.69, 9.17) is 4.52 Å². The highest BCUT2D eigenvalue weighted by Crippen LogP contribution is 2.19.